The van der Waals surface area contributed by atoms with Gasteiger partial charge in [0.1, 0.15) is 0 Å². The van der Waals surface area contributed by atoms with Crippen LogP contribution in [0.1, 0.15) is 5.56 Å². The summed E-state index contributed by atoms with van der Waals surface area (Å²) in [7, 11) is -2.49. The van der Waals surface area contributed by atoms with E-state index in [4.69, 9.17) is 23.2 Å². The molecule has 3 rings (SSSR count). The molecule has 10 heteroatoms. The molecular weight excluding hydrogens is 419 g/mol. The van der Waals surface area contributed by atoms with Gasteiger partial charge in [0.2, 0.25) is 5.91 Å². The standard InChI is InChI=1S/C16H12Cl2N2O4S2/c1-20-13-6-5-9(7-14(13)25-16(20)22)26(23,24)19-15(21)8-10-11(17)3-2-4-12(10)18/h2-7H,8H2,1H3,(H,19,21). The summed E-state index contributed by atoms with van der Waals surface area (Å²) in [6.07, 6.45) is -0.279. The largest absolute Gasteiger partial charge is 0.307 e. The normalized spacial score (nSPS) is 11.7. The van der Waals surface area contributed by atoms with Crippen LogP contribution in [0.2, 0.25) is 10.0 Å². The molecule has 1 heterocycles. The second-order valence-electron chi connectivity index (χ2n) is 5.46. The van der Waals surface area contributed by atoms with Crippen LogP contribution in [0.25, 0.3) is 10.2 Å². The van der Waals surface area contributed by atoms with Gasteiger partial charge in [-0.1, -0.05) is 40.6 Å². The molecule has 1 aromatic heterocycles. The maximum absolute atomic E-state index is 12.5. The summed E-state index contributed by atoms with van der Waals surface area (Å²) in [4.78, 5) is 23.5. The summed E-state index contributed by atoms with van der Waals surface area (Å²) in [6.45, 7) is 0. The van der Waals surface area contributed by atoms with Gasteiger partial charge in [-0.25, -0.2) is 13.1 Å². The topological polar surface area (TPSA) is 85.2 Å². The Morgan fingerprint density at radius 2 is 1.85 bits per heavy atom. The third kappa shape index (κ3) is 3.64. The van der Waals surface area contributed by atoms with E-state index in [1.807, 2.05) is 4.72 Å². The summed E-state index contributed by atoms with van der Waals surface area (Å²) >= 11 is 12.9. The van der Waals surface area contributed by atoms with E-state index >= 15 is 0 Å². The van der Waals surface area contributed by atoms with Crippen LogP contribution in [-0.2, 0) is 28.3 Å². The van der Waals surface area contributed by atoms with Crippen LogP contribution in [0.4, 0.5) is 0 Å². The second kappa shape index (κ2) is 7.03. The molecule has 26 heavy (non-hydrogen) atoms. The Balaban J connectivity index is 1.86. The number of halogens is 2. The molecule has 0 saturated carbocycles. The Bertz CT molecular complexity index is 1160. The van der Waals surface area contributed by atoms with E-state index in [-0.39, 0.29) is 26.2 Å². The van der Waals surface area contributed by atoms with Gasteiger partial charge in [0.25, 0.3) is 10.0 Å². The van der Waals surface area contributed by atoms with E-state index in [0.29, 0.717) is 15.8 Å². The number of aryl methyl sites for hydroxylation is 1. The summed E-state index contributed by atoms with van der Waals surface area (Å²) in [6, 6.07) is 8.98. The van der Waals surface area contributed by atoms with Crippen molar-refractivity contribution in [3.8, 4) is 0 Å². The Hall–Kier alpha value is -1.87. The maximum atomic E-state index is 12.5. The quantitative estimate of drug-likeness (QED) is 0.689. The lowest BCUT2D eigenvalue weighted by atomic mass is 10.1. The number of nitrogens with zero attached hydrogens (tertiary/aromatic N) is 1. The van der Waals surface area contributed by atoms with E-state index in [9.17, 15) is 18.0 Å². The fourth-order valence-electron chi connectivity index (χ4n) is 2.39. The second-order valence-corrected chi connectivity index (χ2v) is 8.95. The Morgan fingerprint density at radius 3 is 2.50 bits per heavy atom. The summed E-state index contributed by atoms with van der Waals surface area (Å²) in [5.41, 5.74) is 0.966. The summed E-state index contributed by atoms with van der Waals surface area (Å²) in [5.74, 6) is -0.763. The van der Waals surface area contributed by atoms with Crippen LogP contribution in [0.5, 0.6) is 0 Å². The highest BCUT2D eigenvalue weighted by Gasteiger charge is 2.20. The number of amides is 1. The van der Waals surface area contributed by atoms with Crippen molar-refractivity contribution in [3.05, 3.63) is 61.7 Å². The van der Waals surface area contributed by atoms with Gasteiger partial charge in [-0.2, -0.15) is 0 Å². The van der Waals surface area contributed by atoms with E-state index in [1.54, 1.807) is 25.2 Å². The molecule has 0 atom stereocenters. The molecule has 0 aliphatic carbocycles. The van der Waals surface area contributed by atoms with Gasteiger partial charge in [0, 0.05) is 17.1 Å². The molecule has 0 fully saturated rings. The zero-order valence-corrected chi connectivity index (χ0v) is 16.5. The number of thiazole rings is 1. The SMILES string of the molecule is Cn1c(=O)sc2cc(S(=O)(=O)NC(=O)Cc3c(Cl)cccc3Cl)ccc21. The molecule has 3 aromatic rings. The van der Waals surface area contributed by atoms with Crippen molar-refractivity contribution in [1.29, 1.82) is 0 Å². The Labute approximate surface area is 163 Å². The number of rotatable bonds is 4. The molecule has 1 amide bonds. The third-order valence-corrected chi connectivity index (χ3v) is 6.80. The number of benzene rings is 2. The number of nitrogens with one attached hydrogen (secondary N) is 1. The van der Waals surface area contributed by atoms with Crippen molar-refractivity contribution in [1.82, 2.24) is 9.29 Å². The summed E-state index contributed by atoms with van der Waals surface area (Å²) in [5, 5.41) is 0.557. The van der Waals surface area contributed by atoms with Gasteiger partial charge in [-0.3, -0.25) is 9.59 Å². The predicted octanol–water partition coefficient (Wildman–Crippen LogP) is 2.95. The minimum Gasteiger partial charge on any atom is -0.302 e. The minimum absolute atomic E-state index is 0.106. The first-order chi connectivity index (χ1) is 12.2. The van der Waals surface area contributed by atoms with E-state index in [0.717, 1.165) is 11.3 Å². The zero-order valence-electron chi connectivity index (χ0n) is 13.3. The first-order valence-electron chi connectivity index (χ1n) is 7.27. The summed E-state index contributed by atoms with van der Waals surface area (Å²) < 4.78 is 28.9. The fraction of sp³-hybridized carbons (Fsp3) is 0.125. The van der Waals surface area contributed by atoms with Gasteiger partial charge in [0.15, 0.2) is 0 Å². The van der Waals surface area contributed by atoms with Crippen LogP contribution in [0, 0.1) is 0 Å². The number of sulfonamides is 1. The first kappa shape index (κ1) is 18.9. The van der Waals surface area contributed by atoms with E-state index in [1.165, 1.54) is 22.8 Å². The van der Waals surface area contributed by atoms with Crippen LogP contribution in [0.15, 0.2) is 46.1 Å². The van der Waals surface area contributed by atoms with Gasteiger partial charge >= 0.3 is 4.87 Å². The molecule has 0 spiro atoms. The molecule has 2 aromatic carbocycles. The third-order valence-electron chi connectivity index (χ3n) is 3.72. The van der Waals surface area contributed by atoms with Crippen molar-refractivity contribution in [2.45, 2.75) is 11.3 Å². The van der Waals surface area contributed by atoms with Crippen molar-refractivity contribution in [2.24, 2.45) is 7.05 Å². The number of aromatic nitrogens is 1. The van der Waals surface area contributed by atoms with Gasteiger partial charge < -0.3 is 4.57 Å². The molecule has 0 bridgehead atoms. The lowest BCUT2D eigenvalue weighted by molar-refractivity contribution is -0.118. The molecular formula is C16H12Cl2N2O4S2. The zero-order chi connectivity index (χ0) is 19.1. The molecule has 6 nitrogen and oxygen atoms in total. The van der Waals surface area contributed by atoms with Crippen LogP contribution in [0.3, 0.4) is 0 Å². The Kier molecular flexibility index (Phi) is 5.12. The highest BCUT2D eigenvalue weighted by molar-refractivity contribution is 7.90. The smallest absolute Gasteiger partial charge is 0.302 e. The first-order valence-corrected chi connectivity index (χ1v) is 10.3. The number of carbonyl (C=O) groups excluding carboxylic acids is 1. The predicted molar refractivity (Wildman–Crippen MR) is 103 cm³/mol. The molecule has 0 aliphatic rings. The highest BCUT2D eigenvalue weighted by atomic mass is 35.5. The lowest BCUT2D eigenvalue weighted by Gasteiger charge is -2.09. The molecule has 0 unspecified atom stereocenters. The average Bonchev–Trinajstić information content (AvgIpc) is 2.85. The lowest BCUT2D eigenvalue weighted by Crippen LogP contribution is -2.31. The van der Waals surface area contributed by atoms with Crippen LogP contribution < -0.4 is 9.60 Å². The van der Waals surface area contributed by atoms with Crippen LogP contribution >= 0.6 is 34.5 Å². The average molecular weight is 431 g/mol. The van der Waals surface area contributed by atoms with Crippen molar-refractivity contribution < 1.29 is 13.2 Å². The number of hydrogen-bond donors (Lipinski definition) is 1. The van der Waals surface area contributed by atoms with Crippen molar-refractivity contribution >= 4 is 60.7 Å². The molecule has 1 N–H and O–H groups in total. The maximum Gasteiger partial charge on any atom is 0.307 e. The monoisotopic (exact) mass is 430 g/mol. The molecule has 0 saturated heterocycles. The number of fused-ring (bicyclic) bond motifs is 1. The fourth-order valence-corrected chi connectivity index (χ4v) is 4.92. The molecule has 0 radical (unpaired) electrons. The van der Waals surface area contributed by atoms with Gasteiger partial charge in [0.05, 0.1) is 21.5 Å². The van der Waals surface area contributed by atoms with Crippen LogP contribution in [-0.4, -0.2) is 18.9 Å². The Morgan fingerprint density at radius 1 is 1.19 bits per heavy atom. The van der Waals surface area contributed by atoms with Crippen molar-refractivity contribution in [3.63, 3.8) is 0 Å². The molecule has 136 valence electrons. The van der Waals surface area contributed by atoms with E-state index < -0.39 is 15.9 Å². The highest BCUT2D eigenvalue weighted by Crippen LogP contribution is 2.25. The van der Waals surface area contributed by atoms with Crippen molar-refractivity contribution in [2.75, 3.05) is 0 Å². The number of carbonyl (C=O) groups is 1. The van der Waals surface area contributed by atoms with Gasteiger partial charge in [-0.05, 0) is 35.9 Å². The minimum atomic E-state index is -4.09. The van der Waals surface area contributed by atoms with Gasteiger partial charge in [-0.15, -0.1) is 0 Å². The molecule has 0 aliphatic heterocycles. The number of hydrogen-bond acceptors (Lipinski definition) is 5. The van der Waals surface area contributed by atoms with E-state index in [2.05, 4.69) is 0 Å².